The Labute approximate surface area is 104 Å². The van der Waals surface area contributed by atoms with E-state index in [-0.39, 0.29) is 0 Å². The highest BCUT2D eigenvalue weighted by Crippen LogP contribution is 2.27. The molecule has 96 valence electrons. The Morgan fingerprint density at radius 3 is 2.35 bits per heavy atom. The smallest absolute Gasteiger partial charge is 0.105 e. The van der Waals surface area contributed by atoms with E-state index < -0.39 is 0 Å². The molecule has 2 heterocycles. The van der Waals surface area contributed by atoms with Gasteiger partial charge >= 0.3 is 0 Å². The maximum atomic E-state index is 5.64. The van der Waals surface area contributed by atoms with Crippen LogP contribution < -0.4 is 5.32 Å². The fourth-order valence-corrected chi connectivity index (χ4v) is 2.95. The fourth-order valence-electron chi connectivity index (χ4n) is 2.95. The van der Waals surface area contributed by atoms with Crippen LogP contribution in [0.1, 0.15) is 43.9 Å². The molecule has 0 bridgehead atoms. The van der Waals surface area contributed by atoms with Gasteiger partial charge in [0.1, 0.15) is 11.5 Å². The summed E-state index contributed by atoms with van der Waals surface area (Å²) in [6.07, 6.45) is 0. The maximum absolute atomic E-state index is 5.64. The summed E-state index contributed by atoms with van der Waals surface area (Å²) in [7, 11) is 0. The van der Waals surface area contributed by atoms with Crippen molar-refractivity contribution in [2.45, 2.75) is 52.7 Å². The van der Waals surface area contributed by atoms with Crippen molar-refractivity contribution < 1.29 is 4.42 Å². The van der Waals surface area contributed by atoms with E-state index in [4.69, 9.17) is 4.42 Å². The second-order valence-corrected chi connectivity index (χ2v) is 5.47. The SMILES string of the molecule is Cc1cc(C(C)N2CC(C)NC(C)C2)c(C)o1. The summed E-state index contributed by atoms with van der Waals surface area (Å²) in [4.78, 5) is 2.54. The average Bonchev–Trinajstić information content (AvgIpc) is 2.55. The molecule has 3 atom stereocenters. The topological polar surface area (TPSA) is 28.4 Å². The van der Waals surface area contributed by atoms with E-state index in [1.165, 1.54) is 5.56 Å². The van der Waals surface area contributed by atoms with Crippen molar-refractivity contribution in [3.8, 4) is 0 Å². The second kappa shape index (κ2) is 4.83. The summed E-state index contributed by atoms with van der Waals surface area (Å²) in [5.41, 5.74) is 1.34. The van der Waals surface area contributed by atoms with Gasteiger partial charge in [-0.3, -0.25) is 4.90 Å². The van der Waals surface area contributed by atoms with E-state index in [0.29, 0.717) is 18.1 Å². The van der Waals surface area contributed by atoms with E-state index in [1.54, 1.807) is 0 Å². The first-order valence-corrected chi connectivity index (χ1v) is 6.54. The first-order valence-electron chi connectivity index (χ1n) is 6.54. The first-order chi connectivity index (χ1) is 7.97. The van der Waals surface area contributed by atoms with E-state index in [0.717, 1.165) is 24.6 Å². The van der Waals surface area contributed by atoms with Gasteiger partial charge in [0.15, 0.2) is 0 Å². The standard InChI is InChI=1S/C14H24N2O/c1-9-7-16(8-10(2)15-9)12(4)14-6-11(3)17-13(14)5/h6,9-10,12,15H,7-8H2,1-5H3. The van der Waals surface area contributed by atoms with Crippen LogP contribution >= 0.6 is 0 Å². The van der Waals surface area contributed by atoms with Crippen molar-refractivity contribution in [2.24, 2.45) is 0 Å². The number of hydrogen-bond donors (Lipinski definition) is 1. The van der Waals surface area contributed by atoms with Crippen LogP contribution in [0.15, 0.2) is 10.5 Å². The zero-order valence-corrected chi connectivity index (χ0v) is 11.6. The molecule has 1 aliphatic heterocycles. The average molecular weight is 236 g/mol. The van der Waals surface area contributed by atoms with Gasteiger partial charge in [0.25, 0.3) is 0 Å². The molecule has 1 saturated heterocycles. The minimum atomic E-state index is 0.444. The molecular weight excluding hydrogens is 212 g/mol. The number of rotatable bonds is 2. The van der Waals surface area contributed by atoms with Crippen LogP contribution in [0.2, 0.25) is 0 Å². The van der Waals surface area contributed by atoms with Crippen molar-refractivity contribution >= 4 is 0 Å². The Hall–Kier alpha value is -0.800. The van der Waals surface area contributed by atoms with Gasteiger partial charge < -0.3 is 9.73 Å². The van der Waals surface area contributed by atoms with Crippen LogP contribution in [0, 0.1) is 13.8 Å². The number of aryl methyl sites for hydroxylation is 2. The molecule has 0 aliphatic carbocycles. The molecule has 3 unspecified atom stereocenters. The van der Waals surface area contributed by atoms with Crippen molar-refractivity contribution in [1.82, 2.24) is 10.2 Å². The third-order valence-corrected chi connectivity index (χ3v) is 3.66. The third-order valence-electron chi connectivity index (χ3n) is 3.66. The number of furan rings is 1. The molecule has 1 aromatic rings. The number of nitrogens with zero attached hydrogens (tertiary/aromatic N) is 1. The summed E-state index contributed by atoms with van der Waals surface area (Å²) in [6.45, 7) is 13.1. The highest BCUT2D eigenvalue weighted by atomic mass is 16.3. The lowest BCUT2D eigenvalue weighted by atomic mass is 10.0. The summed E-state index contributed by atoms with van der Waals surface area (Å²) in [5.74, 6) is 2.08. The quantitative estimate of drug-likeness (QED) is 0.855. The third kappa shape index (κ3) is 2.72. The minimum Gasteiger partial charge on any atom is -0.466 e. The summed E-state index contributed by atoms with van der Waals surface area (Å²) < 4.78 is 5.64. The highest BCUT2D eigenvalue weighted by Gasteiger charge is 2.27. The Morgan fingerprint density at radius 2 is 1.88 bits per heavy atom. The molecule has 1 aliphatic rings. The molecular formula is C14H24N2O. The minimum absolute atomic E-state index is 0.444. The van der Waals surface area contributed by atoms with Gasteiger partial charge in [-0.15, -0.1) is 0 Å². The van der Waals surface area contributed by atoms with Crippen LogP contribution in [0.3, 0.4) is 0 Å². The Bertz CT molecular complexity index is 376. The molecule has 0 spiro atoms. The Morgan fingerprint density at radius 1 is 1.29 bits per heavy atom. The molecule has 0 aromatic carbocycles. The van der Waals surface area contributed by atoms with E-state index in [2.05, 4.69) is 44.0 Å². The van der Waals surface area contributed by atoms with E-state index in [9.17, 15) is 0 Å². The Balaban J connectivity index is 2.14. The van der Waals surface area contributed by atoms with Crippen molar-refractivity contribution in [2.75, 3.05) is 13.1 Å². The van der Waals surface area contributed by atoms with E-state index >= 15 is 0 Å². The molecule has 0 saturated carbocycles. The van der Waals surface area contributed by atoms with E-state index in [1.807, 2.05) is 6.92 Å². The number of nitrogens with one attached hydrogen (secondary N) is 1. The van der Waals surface area contributed by atoms with Crippen LogP contribution in [0.25, 0.3) is 0 Å². The molecule has 17 heavy (non-hydrogen) atoms. The lowest BCUT2D eigenvalue weighted by Crippen LogP contribution is -2.54. The molecule has 2 rings (SSSR count). The lowest BCUT2D eigenvalue weighted by Gasteiger charge is -2.39. The number of piperazine rings is 1. The Kier molecular flexibility index (Phi) is 3.59. The summed E-state index contributed by atoms with van der Waals surface area (Å²) in [5, 5.41) is 3.57. The maximum Gasteiger partial charge on any atom is 0.105 e. The molecule has 0 amide bonds. The van der Waals surface area contributed by atoms with Crippen LogP contribution in [-0.4, -0.2) is 30.1 Å². The van der Waals surface area contributed by atoms with Crippen molar-refractivity contribution in [3.05, 3.63) is 23.2 Å². The normalized spacial score (nSPS) is 28.3. The molecule has 3 heteroatoms. The molecule has 0 radical (unpaired) electrons. The first kappa shape index (κ1) is 12.7. The van der Waals surface area contributed by atoms with Gasteiger partial charge in [0, 0.05) is 36.8 Å². The van der Waals surface area contributed by atoms with Gasteiger partial charge in [0.2, 0.25) is 0 Å². The monoisotopic (exact) mass is 236 g/mol. The van der Waals surface area contributed by atoms with Crippen LogP contribution in [0.5, 0.6) is 0 Å². The van der Waals surface area contributed by atoms with Gasteiger partial charge in [-0.05, 0) is 40.7 Å². The summed E-state index contributed by atoms with van der Waals surface area (Å²) in [6, 6.07) is 3.75. The summed E-state index contributed by atoms with van der Waals surface area (Å²) >= 11 is 0. The molecule has 1 fully saturated rings. The predicted octanol–water partition coefficient (Wildman–Crippen LogP) is 2.64. The van der Waals surface area contributed by atoms with Gasteiger partial charge in [-0.1, -0.05) is 0 Å². The largest absolute Gasteiger partial charge is 0.466 e. The van der Waals surface area contributed by atoms with Crippen molar-refractivity contribution in [3.63, 3.8) is 0 Å². The lowest BCUT2D eigenvalue weighted by molar-refractivity contribution is 0.130. The van der Waals surface area contributed by atoms with Crippen molar-refractivity contribution in [1.29, 1.82) is 0 Å². The molecule has 1 aromatic heterocycles. The fraction of sp³-hybridized carbons (Fsp3) is 0.714. The predicted molar refractivity (Wildman–Crippen MR) is 70.2 cm³/mol. The van der Waals surface area contributed by atoms with Gasteiger partial charge in [0.05, 0.1) is 0 Å². The molecule has 1 N–H and O–H groups in total. The van der Waals surface area contributed by atoms with Crippen LogP contribution in [0.4, 0.5) is 0 Å². The highest BCUT2D eigenvalue weighted by molar-refractivity contribution is 5.23. The number of hydrogen-bond acceptors (Lipinski definition) is 3. The zero-order valence-electron chi connectivity index (χ0n) is 11.6. The van der Waals surface area contributed by atoms with Crippen LogP contribution in [-0.2, 0) is 0 Å². The zero-order chi connectivity index (χ0) is 12.6. The van der Waals surface area contributed by atoms with Gasteiger partial charge in [-0.25, -0.2) is 0 Å². The molecule has 3 nitrogen and oxygen atoms in total. The van der Waals surface area contributed by atoms with Gasteiger partial charge in [-0.2, -0.15) is 0 Å². The second-order valence-electron chi connectivity index (χ2n) is 5.47.